The van der Waals surface area contributed by atoms with Gasteiger partial charge in [0.15, 0.2) is 5.96 Å². The average Bonchev–Trinajstić information content (AvgIpc) is 3.14. The number of amides is 1. The number of hydrogen-bond donors (Lipinski definition) is 2. The highest BCUT2D eigenvalue weighted by molar-refractivity contribution is 14.0. The maximum Gasteiger partial charge on any atom is 0.407 e. The fraction of sp³-hybridized carbons (Fsp3) is 0.652. The lowest BCUT2D eigenvalue weighted by Crippen LogP contribution is -2.44. The van der Waals surface area contributed by atoms with Crippen molar-refractivity contribution in [3.63, 3.8) is 0 Å². The number of unbranched alkanes of at least 4 members (excludes halogenated alkanes) is 1. The summed E-state index contributed by atoms with van der Waals surface area (Å²) in [6, 6.07) is 10.5. The van der Waals surface area contributed by atoms with Crippen LogP contribution in [-0.4, -0.2) is 68.5 Å². The van der Waals surface area contributed by atoms with E-state index < -0.39 is 5.60 Å². The Labute approximate surface area is 204 Å². The molecule has 1 aliphatic rings. The molecule has 2 rings (SSSR count). The van der Waals surface area contributed by atoms with Gasteiger partial charge >= 0.3 is 6.09 Å². The van der Waals surface area contributed by atoms with Crippen molar-refractivity contribution in [1.29, 1.82) is 0 Å². The second-order valence-electron chi connectivity index (χ2n) is 8.61. The molecular formula is C23H39IN4O3. The van der Waals surface area contributed by atoms with Crippen molar-refractivity contribution < 1.29 is 14.3 Å². The third-order valence-corrected chi connectivity index (χ3v) is 4.80. The largest absolute Gasteiger partial charge is 0.444 e. The minimum absolute atomic E-state index is 0. The molecule has 1 saturated heterocycles. The van der Waals surface area contributed by atoms with Gasteiger partial charge in [0.25, 0.3) is 0 Å². The van der Waals surface area contributed by atoms with Crippen LogP contribution in [0.2, 0.25) is 0 Å². The Morgan fingerprint density at radius 3 is 2.61 bits per heavy atom. The molecule has 1 heterocycles. The van der Waals surface area contributed by atoms with E-state index in [0.717, 1.165) is 64.5 Å². The van der Waals surface area contributed by atoms with Gasteiger partial charge in [-0.15, -0.1) is 24.0 Å². The second-order valence-corrected chi connectivity index (χ2v) is 8.61. The van der Waals surface area contributed by atoms with Crippen molar-refractivity contribution in [2.45, 2.75) is 58.1 Å². The smallest absolute Gasteiger partial charge is 0.407 e. The Bertz CT molecular complexity index is 665. The Kier molecular flexibility index (Phi) is 12.9. The summed E-state index contributed by atoms with van der Waals surface area (Å²) in [4.78, 5) is 18.5. The van der Waals surface area contributed by atoms with E-state index >= 15 is 0 Å². The minimum Gasteiger partial charge on any atom is -0.444 e. The molecule has 7 nitrogen and oxygen atoms in total. The molecular weight excluding hydrogens is 507 g/mol. The van der Waals surface area contributed by atoms with Crippen molar-refractivity contribution in [3.05, 3.63) is 35.9 Å². The zero-order chi connectivity index (χ0) is 21.8. The molecule has 0 spiro atoms. The van der Waals surface area contributed by atoms with Crippen LogP contribution in [0.4, 0.5) is 4.79 Å². The van der Waals surface area contributed by atoms with Crippen LogP contribution in [0.3, 0.4) is 0 Å². The predicted molar refractivity (Wildman–Crippen MR) is 136 cm³/mol. The number of aliphatic imine (C=N–C) groups is 1. The van der Waals surface area contributed by atoms with E-state index in [2.05, 4.69) is 44.8 Å². The van der Waals surface area contributed by atoms with E-state index in [1.807, 2.05) is 26.8 Å². The van der Waals surface area contributed by atoms with Gasteiger partial charge in [-0.3, -0.25) is 4.99 Å². The van der Waals surface area contributed by atoms with Gasteiger partial charge < -0.3 is 25.0 Å². The summed E-state index contributed by atoms with van der Waals surface area (Å²) in [7, 11) is 1.80. The van der Waals surface area contributed by atoms with Crippen molar-refractivity contribution in [2.24, 2.45) is 4.99 Å². The number of rotatable bonds is 9. The predicted octanol–water partition coefficient (Wildman–Crippen LogP) is 3.82. The molecule has 0 saturated carbocycles. The Morgan fingerprint density at radius 1 is 1.19 bits per heavy atom. The molecule has 0 aromatic heterocycles. The van der Waals surface area contributed by atoms with Gasteiger partial charge in [0, 0.05) is 33.3 Å². The first-order valence-electron chi connectivity index (χ1n) is 10.9. The molecule has 1 amide bonds. The molecule has 8 heteroatoms. The Hall–Kier alpha value is -1.55. The van der Waals surface area contributed by atoms with E-state index in [-0.39, 0.29) is 36.1 Å². The highest BCUT2D eigenvalue weighted by Crippen LogP contribution is 2.12. The van der Waals surface area contributed by atoms with Gasteiger partial charge in [0.1, 0.15) is 5.60 Å². The van der Waals surface area contributed by atoms with Crippen molar-refractivity contribution in [3.8, 4) is 0 Å². The fourth-order valence-electron chi connectivity index (χ4n) is 3.34. The highest BCUT2D eigenvalue weighted by Gasteiger charge is 2.27. The molecule has 2 N–H and O–H groups in total. The fourth-order valence-corrected chi connectivity index (χ4v) is 3.34. The van der Waals surface area contributed by atoms with Gasteiger partial charge in [0.05, 0.1) is 12.6 Å². The van der Waals surface area contributed by atoms with Crippen LogP contribution >= 0.6 is 24.0 Å². The molecule has 176 valence electrons. The van der Waals surface area contributed by atoms with E-state index in [1.54, 1.807) is 7.05 Å². The van der Waals surface area contributed by atoms with Crippen LogP contribution in [0.5, 0.6) is 0 Å². The standard InChI is InChI=1S/C23H38N4O3.HI/c1-23(2,3)30-22(28)26-20-12-15-27(18-20)21(24-4)25-14-8-9-16-29-17-13-19-10-6-5-7-11-19;/h5-7,10-11,20H,8-9,12-18H2,1-4H3,(H,24,25)(H,26,28);1H. The monoisotopic (exact) mass is 546 g/mol. The van der Waals surface area contributed by atoms with Gasteiger partial charge in [0.2, 0.25) is 0 Å². The van der Waals surface area contributed by atoms with Gasteiger partial charge in [-0.2, -0.15) is 0 Å². The summed E-state index contributed by atoms with van der Waals surface area (Å²) in [5.41, 5.74) is 0.832. The van der Waals surface area contributed by atoms with Gasteiger partial charge in [-0.1, -0.05) is 30.3 Å². The number of halogens is 1. The molecule has 1 aliphatic heterocycles. The number of likely N-dealkylation sites (tertiary alicyclic amines) is 1. The highest BCUT2D eigenvalue weighted by atomic mass is 127. The van der Waals surface area contributed by atoms with E-state index in [0.29, 0.717) is 0 Å². The van der Waals surface area contributed by atoms with Crippen molar-refractivity contribution >= 4 is 36.0 Å². The third-order valence-electron chi connectivity index (χ3n) is 4.80. The summed E-state index contributed by atoms with van der Waals surface area (Å²) in [6.07, 6.45) is 3.53. The zero-order valence-electron chi connectivity index (χ0n) is 19.4. The molecule has 1 aromatic rings. The number of guanidine groups is 1. The first-order valence-corrected chi connectivity index (χ1v) is 10.9. The normalized spacial score (nSPS) is 16.6. The average molecular weight is 546 g/mol. The molecule has 1 atom stereocenters. The first kappa shape index (κ1) is 27.5. The van der Waals surface area contributed by atoms with Crippen LogP contribution < -0.4 is 10.6 Å². The number of carbonyl (C=O) groups is 1. The van der Waals surface area contributed by atoms with E-state index in [1.165, 1.54) is 5.56 Å². The summed E-state index contributed by atoms with van der Waals surface area (Å²) >= 11 is 0. The van der Waals surface area contributed by atoms with Crippen LogP contribution in [0.1, 0.15) is 45.6 Å². The summed E-state index contributed by atoms with van der Waals surface area (Å²) in [5, 5.41) is 6.37. The minimum atomic E-state index is -0.481. The third kappa shape index (κ3) is 11.6. The van der Waals surface area contributed by atoms with E-state index in [4.69, 9.17) is 9.47 Å². The maximum atomic E-state index is 12.0. The number of benzene rings is 1. The molecule has 0 bridgehead atoms. The first-order chi connectivity index (χ1) is 14.4. The SMILES string of the molecule is CN=C(NCCCCOCCc1ccccc1)N1CCC(NC(=O)OC(C)(C)C)C1.I. The number of nitrogens with one attached hydrogen (secondary N) is 2. The maximum absolute atomic E-state index is 12.0. The van der Waals surface area contributed by atoms with Crippen molar-refractivity contribution in [2.75, 3.05) is 39.9 Å². The number of alkyl carbamates (subject to hydrolysis) is 1. The van der Waals surface area contributed by atoms with Crippen LogP contribution in [0.25, 0.3) is 0 Å². The number of nitrogens with zero attached hydrogens (tertiary/aromatic N) is 2. The number of carbonyl (C=O) groups excluding carboxylic acids is 1. The second kappa shape index (κ2) is 14.5. The summed E-state index contributed by atoms with van der Waals surface area (Å²) in [5.74, 6) is 0.883. The lowest BCUT2D eigenvalue weighted by Gasteiger charge is -2.23. The summed E-state index contributed by atoms with van der Waals surface area (Å²) in [6.45, 7) is 9.60. The zero-order valence-corrected chi connectivity index (χ0v) is 21.7. The van der Waals surface area contributed by atoms with E-state index in [9.17, 15) is 4.79 Å². The topological polar surface area (TPSA) is 75.2 Å². The lowest BCUT2D eigenvalue weighted by molar-refractivity contribution is 0.0507. The molecule has 31 heavy (non-hydrogen) atoms. The Morgan fingerprint density at radius 2 is 1.94 bits per heavy atom. The van der Waals surface area contributed by atoms with Gasteiger partial charge in [-0.25, -0.2) is 4.79 Å². The summed E-state index contributed by atoms with van der Waals surface area (Å²) < 4.78 is 11.1. The molecule has 0 aliphatic carbocycles. The molecule has 0 radical (unpaired) electrons. The van der Waals surface area contributed by atoms with Crippen LogP contribution in [0, 0.1) is 0 Å². The molecule has 1 unspecified atom stereocenters. The lowest BCUT2D eigenvalue weighted by atomic mass is 10.2. The van der Waals surface area contributed by atoms with Crippen molar-refractivity contribution in [1.82, 2.24) is 15.5 Å². The van der Waals surface area contributed by atoms with Gasteiger partial charge in [-0.05, 0) is 52.0 Å². The quantitative estimate of drug-likeness (QED) is 0.213. The van der Waals surface area contributed by atoms with Crippen LogP contribution in [-0.2, 0) is 15.9 Å². The number of hydrogen-bond acceptors (Lipinski definition) is 4. The Balaban J connectivity index is 0.00000480. The molecule has 1 fully saturated rings. The number of ether oxygens (including phenoxy) is 2. The van der Waals surface area contributed by atoms with Crippen LogP contribution in [0.15, 0.2) is 35.3 Å². The molecule has 1 aromatic carbocycles.